The summed E-state index contributed by atoms with van der Waals surface area (Å²) in [6, 6.07) is 5.27. The van der Waals surface area contributed by atoms with E-state index >= 15 is 0 Å². The maximum Gasteiger partial charge on any atom is 0.330 e. The van der Waals surface area contributed by atoms with Gasteiger partial charge in [0.25, 0.3) is 5.69 Å². The number of nitro benzene ring substituents is 1. The highest BCUT2D eigenvalue weighted by Crippen LogP contribution is 2.37. The lowest BCUT2D eigenvalue weighted by Gasteiger charge is -2.27. The molecule has 0 spiro atoms. The Hall–Kier alpha value is -3.23. The molecular formula is C17H19NO8. The number of carbonyl (C=O) groups is 3. The fourth-order valence-corrected chi connectivity index (χ4v) is 2.44. The molecule has 0 atom stereocenters. The minimum absolute atomic E-state index is 0.145. The molecule has 0 saturated heterocycles. The quantitative estimate of drug-likeness (QED) is 0.170. The van der Waals surface area contributed by atoms with Crippen molar-refractivity contribution in [3.8, 4) is 0 Å². The van der Waals surface area contributed by atoms with Crippen LogP contribution in [0.3, 0.4) is 0 Å². The van der Waals surface area contributed by atoms with Gasteiger partial charge < -0.3 is 14.2 Å². The van der Waals surface area contributed by atoms with E-state index in [0.29, 0.717) is 0 Å². The van der Waals surface area contributed by atoms with Crippen molar-refractivity contribution in [1.82, 2.24) is 0 Å². The molecule has 1 aromatic carbocycles. The van der Waals surface area contributed by atoms with Crippen LogP contribution in [0.2, 0.25) is 0 Å². The van der Waals surface area contributed by atoms with Crippen LogP contribution in [0.4, 0.5) is 5.69 Å². The Morgan fingerprint density at radius 3 is 2.23 bits per heavy atom. The van der Waals surface area contributed by atoms with Crippen molar-refractivity contribution >= 4 is 23.6 Å². The molecule has 9 heteroatoms. The first-order valence-corrected chi connectivity index (χ1v) is 7.59. The predicted molar refractivity (Wildman–Crippen MR) is 89.2 cm³/mol. The van der Waals surface area contributed by atoms with E-state index in [9.17, 15) is 24.5 Å². The number of ether oxygens (including phenoxy) is 3. The smallest absolute Gasteiger partial charge is 0.330 e. The molecule has 0 heterocycles. The molecule has 0 saturated carbocycles. The number of rotatable bonds is 8. The van der Waals surface area contributed by atoms with Crippen LogP contribution in [0.5, 0.6) is 0 Å². The van der Waals surface area contributed by atoms with Gasteiger partial charge in [0.1, 0.15) is 0 Å². The average molecular weight is 365 g/mol. The summed E-state index contributed by atoms with van der Waals surface area (Å²) in [5.74, 6) is -2.78. The molecule has 0 aliphatic carbocycles. The highest BCUT2D eigenvalue weighted by Gasteiger charge is 2.52. The van der Waals surface area contributed by atoms with Gasteiger partial charge in [-0.2, -0.15) is 0 Å². The molecule has 0 N–H and O–H groups in total. The first-order valence-electron chi connectivity index (χ1n) is 7.59. The SMILES string of the molecule is CCOC(=O)/C=C/CC(C(=O)OC)(C(=O)OC)c1ccccc1[N+](=O)[O-]. The van der Waals surface area contributed by atoms with Crippen molar-refractivity contribution in [2.45, 2.75) is 18.8 Å². The maximum atomic E-state index is 12.5. The molecule has 1 rings (SSSR count). The summed E-state index contributed by atoms with van der Waals surface area (Å²) in [7, 11) is 2.09. The lowest BCUT2D eigenvalue weighted by atomic mass is 9.76. The topological polar surface area (TPSA) is 122 Å². The molecule has 1 aromatic rings. The summed E-state index contributed by atoms with van der Waals surface area (Å²) in [4.78, 5) is 47.1. The second kappa shape index (κ2) is 9.30. The van der Waals surface area contributed by atoms with E-state index < -0.39 is 40.4 Å². The molecule has 140 valence electrons. The van der Waals surface area contributed by atoms with E-state index in [1.807, 2.05) is 0 Å². The molecule has 0 fully saturated rings. The third-order valence-corrected chi connectivity index (χ3v) is 3.59. The van der Waals surface area contributed by atoms with Crippen LogP contribution in [0.25, 0.3) is 0 Å². The normalized spacial score (nSPS) is 11.0. The third kappa shape index (κ3) is 4.24. The zero-order chi connectivity index (χ0) is 19.7. The van der Waals surface area contributed by atoms with Crippen molar-refractivity contribution in [1.29, 1.82) is 0 Å². The number of benzene rings is 1. The van der Waals surface area contributed by atoms with Crippen LogP contribution in [-0.2, 0) is 34.0 Å². The first kappa shape index (κ1) is 20.8. The molecule has 0 aliphatic heterocycles. The number of methoxy groups -OCH3 is 2. The van der Waals surface area contributed by atoms with Crippen molar-refractivity contribution in [3.05, 3.63) is 52.1 Å². The van der Waals surface area contributed by atoms with E-state index in [1.165, 1.54) is 24.3 Å². The third-order valence-electron chi connectivity index (χ3n) is 3.59. The summed E-state index contributed by atoms with van der Waals surface area (Å²) in [6.45, 7) is 1.76. The number of hydrogen-bond acceptors (Lipinski definition) is 8. The Morgan fingerprint density at radius 2 is 1.73 bits per heavy atom. The standard InChI is InChI=1S/C17H19NO8/c1-4-26-14(19)10-7-11-17(15(20)24-2,16(21)25-3)12-8-5-6-9-13(12)18(22)23/h5-10H,4,11H2,1-3H3/b10-7+. The highest BCUT2D eigenvalue weighted by atomic mass is 16.6. The van der Waals surface area contributed by atoms with E-state index in [4.69, 9.17) is 14.2 Å². The van der Waals surface area contributed by atoms with Gasteiger partial charge in [-0.15, -0.1) is 0 Å². The van der Waals surface area contributed by atoms with Gasteiger partial charge in [0.05, 0.1) is 31.3 Å². The molecule has 0 aromatic heterocycles. The van der Waals surface area contributed by atoms with Gasteiger partial charge in [-0.1, -0.05) is 24.3 Å². The summed E-state index contributed by atoms with van der Waals surface area (Å²) in [5, 5.41) is 11.4. The van der Waals surface area contributed by atoms with Crippen molar-refractivity contribution < 1.29 is 33.5 Å². The zero-order valence-electron chi connectivity index (χ0n) is 14.6. The van der Waals surface area contributed by atoms with Gasteiger partial charge >= 0.3 is 17.9 Å². The van der Waals surface area contributed by atoms with Crippen molar-refractivity contribution in [2.75, 3.05) is 20.8 Å². The molecular weight excluding hydrogens is 346 g/mol. The van der Waals surface area contributed by atoms with Gasteiger partial charge in [0.2, 0.25) is 0 Å². The van der Waals surface area contributed by atoms with Gasteiger partial charge in [0, 0.05) is 12.1 Å². The lowest BCUT2D eigenvalue weighted by molar-refractivity contribution is -0.386. The Balaban J connectivity index is 3.56. The molecule has 0 radical (unpaired) electrons. The Labute approximate surface area is 149 Å². The lowest BCUT2D eigenvalue weighted by Crippen LogP contribution is -2.45. The van der Waals surface area contributed by atoms with E-state index in [2.05, 4.69) is 0 Å². The minimum Gasteiger partial charge on any atom is -0.468 e. The molecule has 0 unspecified atom stereocenters. The Bertz CT molecular complexity index is 709. The molecule has 0 amide bonds. The monoisotopic (exact) mass is 365 g/mol. The van der Waals surface area contributed by atoms with E-state index in [-0.39, 0.29) is 12.2 Å². The summed E-state index contributed by atoms with van der Waals surface area (Å²) in [6.07, 6.45) is 1.84. The molecule has 0 bridgehead atoms. The van der Waals surface area contributed by atoms with Gasteiger partial charge in [-0.05, 0) is 13.3 Å². The van der Waals surface area contributed by atoms with Crippen LogP contribution in [0.15, 0.2) is 36.4 Å². The minimum atomic E-state index is -2.14. The molecule has 26 heavy (non-hydrogen) atoms. The van der Waals surface area contributed by atoms with Gasteiger partial charge in [-0.3, -0.25) is 19.7 Å². The zero-order valence-corrected chi connectivity index (χ0v) is 14.6. The van der Waals surface area contributed by atoms with Gasteiger partial charge in [0.15, 0.2) is 5.41 Å². The number of nitro groups is 1. The van der Waals surface area contributed by atoms with E-state index in [1.54, 1.807) is 6.92 Å². The number of carbonyl (C=O) groups excluding carboxylic acids is 3. The van der Waals surface area contributed by atoms with Crippen LogP contribution in [-0.4, -0.2) is 43.7 Å². The fourth-order valence-electron chi connectivity index (χ4n) is 2.44. The van der Waals surface area contributed by atoms with Crippen LogP contribution < -0.4 is 0 Å². The summed E-state index contributed by atoms with van der Waals surface area (Å²) < 4.78 is 14.2. The average Bonchev–Trinajstić information content (AvgIpc) is 2.64. The van der Waals surface area contributed by atoms with Crippen LogP contribution >= 0.6 is 0 Å². The number of para-hydroxylation sites is 1. The Morgan fingerprint density at radius 1 is 1.15 bits per heavy atom. The van der Waals surface area contributed by atoms with E-state index in [0.717, 1.165) is 26.4 Å². The van der Waals surface area contributed by atoms with Crippen LogP contribution in [0, 0.1) is 10.1 Å². The first-order chi connectivity index (χ1) is 12.3. The second-order valence-corrected chi connectivity index (χ2v) is 5.02. The Kier molecular flexibility index (Phi) is 7.45. The maximum absolute atomic E-state index is 12.5. The van der Waals surface area contributed by atoms with Gasteiger partial charge in [-0.25, -0.2) is 4.79 Å². The number of allylic oxidation sites excluding steroid dienone is 1. The summed E-state index contributed by atoms with van der Waals surface area (Å²) in [5.41, 5.74) is -2.79. The number of esters is 3. The molecule has 9 nitrogen and oxygen atoms in total. The number of hydrogen-bond donors (Lipinski definition) is 0. The largest absolute Gasteiger partial charge is 0.468 e. The summed E-state index contributed by atoms with van der Waals surface area (Å²) >= 11 is 0. The number of nitrogens with zero attached hydrogens (tertiary/aromatic N) is 1. The predicted octanol–water partition coefficient (Wildman–Crippen LogP) is 1.69. The van der Waals surface area contributed by atoms with Crippen LogP contribution in [0.1, 0.15) is 18.9 Å². The fraction of sp³-hybridized carbons (Fsp3) is 0.353. The van der Waals surface area contributed by atoms with Crippen molar-refractivity contribution in [3.63, 3.8) is 0 Å². The van der Waals surface area contributed by atoms with Crippen molar-refractivity contribution in [2.24, 2.45) is 0 Å². The second-order valence-electron chi connectivity index (χ2n) is 5.02. The highest BCUT2D eigenvalue weighted by molar-refractivity contribution is 6.07. The molecule has 0 aliphatic rings.